The highest BCUT2D eigenvalue weighted by Crippen LogP contribution is 2.35. The number of carbonyl (C=O) groups is 2. The van der Waals surface area contributed by atoms with Crippen LogP contribution in [0.3, 0.4) is 0 Å². The van der Waals surface area contributed by atoms with Crippen molar-refractivity contribution < 1.29 is 18.6 Å². The first kappa shape index (κ1) is 30.7. The molecule has 0 fully saturated rings. The molecular formula is C34H34N10O4. The Labute approximate surface area is 275 Å². The SMILES string of the molecule is Cc1nc(-c2ccc3c(c2)CCC3NC(=O)c2ccnn2C)no1.Cc1nc(-c2ccc3c(c2)CC[C@H]3NC(=O)c2ccnn2C)no1. The molecule has 0 saturated carbocycles. The lowest BCUT2D eigenvalue weighted by molar-refractivity contribution is 0.0918. The zero-order valence-corrected chi connectivity index (χ0v) is 27.0. The summed E-state index contributed by atoms with van der Waals surface area (Å²) in [6.07, 6.45) is 6.83. The monoisotopic (exact) mass is 646 g/mol. The number of amides is 2. The van der Waals surface area contributed by atoms with Crippen LogP contribution in [-0.4, -0.2) is 51.7 Å². The van der Waals surface area contributed by atoms with E-state index in [0.29, 0.717) is 34.8 Å². The Morgan fingerprint density at radius 2 is 1.12 bits per heavy atom. The van der Waals surface area contributed by atoms with Crippen LogP contribution in [0, 0.1) is 13.8 Å². The zero-order valence-electron chi connectivity index (χ0n) is 27.0. The lowest BCUT2D eigenvalue weighted by Crippen LogP contribution is -2.28. The first-order valence-corrected chi connectivity index (χ1v) is 15.7. The van der Waals surface area contributed by atoms with Crippen LogP contribution in [0.25, 0.3) is 22.8 Å². The van der Waals surface area contributed by atoms with Crippen molar-refractivity contribution in [3.05, 3.63) is 106 Å². The molecule has 4 heterocycles. The quantitative estimate of drug-likeness (QED) is 0.264. The molecule has 48 heavy (non-hydrogen) atoms. The fourth-order valence-electron chi connectivity index (χ4n) is 6.30. The molecule has 2 amide bonds. The summed E-state index contributed by atoms with van der Waals surface area (Å²) >= 11 is 0. The summed E-state index contributed by atoms with van der Waals surface area (Å²) in [5.41, 5.74) is 7.71. The lowest BCUT2D eigenvalue weighted by atomic mass is 10.0. The molecule has 0 saturated heterocycles. The molecule has 14 nitrogen and oxygen atoms in total. The van der Waals surface area contributed by atoms with E-state index in [0.717, 1.165) is 47.9 Å². The number of rotatable bonds is 6. The van der Waals surface area contributed by atoms with E-state index in [-0.39, 0.29) is 23.9 Å². The number of carbonyl (C=O) groups excluding carboxylic acids is 2. The van der Waals surface area contributed by atoms with E-state index in [1.165, 1.54) is 11.1 Å². The second-order valence-electron chi connectivity index (χ2n) is 11.9. The topological polar surface area (TPSA) is 172 Å². The van der Waals surface area contributed by atoms with Gasteiger partial charge in [-0.25, -0.2) is 0 Å². The normalized spacial score (nSPS) is 16.2. The fraction of sp³-hybridized carbons (Fsp3) is 0.294. The van der Waals surface area contributed by atoms with Gasteiger partial charge in [-0.2, -0.15) is 20.2 Å². The number of nitrogens with one attached hydrogen (secondary N) is 2. The number of benzene rings is 2. The molecule has 14 heteroatoms. The Morgan fingerprint density at radius 3 is 1.48 bits per heavy atom. The molecule has 2 aliphatic rings. The average molecular weight is 647 g/mol. The van der Waals surface area contributed by atoms with Gasteiger partial charge in [-0.1, -0.05) is 34.6 Å². The third-order valence-electron chi connectivity index (χ3n) is 8.73. The van der Waals surface area contributed by atoms with Gasteiger partial charge in [0.25, 0.3) is 11.8 Å². The van der Waals surface area contributed by atoms with Crippen molar-refractivity contribution in [3.63, 3.8) is 0 Å². The largest absolute Gasteiger partial charge is 0.344 e. The van der Waals surface area contributed by atoms with Crippen LogP contribution >= 0.6 is 0 Å². The molecule has 4 aromatic heterocycles. The summed E-state index contributed by atoms with van der Waals surface area (Å²) < 4.78 is 13.2. The lowest BCUT2D eigenvalue weighted by Gasteiger charge is -2.14. The molecule has 2 atom stereocenters. The van der Waals surface area contributed by atoms with Crippen LogP contribution in [-0.2, 0) is 26.9 Å². The first-order valence-electron chi connectivity index (χ1n) is 15.7. The predicted octanol–water partition coefficient (Wildman–Crippen LogP) is 4.39. The van der Waals surface area contributed by atoms with Crippen LogP contribution in [0.15, 0.2) is 70.0 Å². The van der Waals surface area contributed by atoms with Crippen LogP contribution in [0.1, 0.15) is 79.9 Å². The number of aryl methyl sites for hydroxylation is 6. The first-order chi connectivity index (χ1) is 23.2. The van der Waals surface area contributed by atoms with Crippen molar-refractivity contribution in [2.45, 2.75) is 51.6 Å². The van der Waals surface area contributed by atoms with Crippen molar-refractivity contribution in [1.82, 2.24) is 50.5 Å². The van der Waals surface area contributed by atoms with E-state index in [2.05, 4.69) is 53.2 Å². The van der Waals surface area contributed by atoms with E-state index < -0.39 is 0 Å². The molecule has 0 radical (unpaired) electrons. The summed E-state index contributed by atoms with van der Waals surface area (Å²) in [6.45, 7) is 3.54. The van der Waals surface area contributed by atoms with E-state index in [1.807, 2.05) is 24.3 Å². The second kappa shape index (κ2) is 12.7. The Balaban J connectivity index is 0.000000152. The summed E-state index contributed by atoms with van der Waals surface area (Å²) in [5, 5.41) is 22.2. The predicted molar refractivity (Wildman–Crippen MR) is 172 cm³/mol. The van der Waals surface area contributed by atoms with Gasteiger partial charge in [0, 0.05) is 51.5 Å². The van der Waals surface area contributed by atoms with Gasteiger partial charge < -0.3 is 19.7 Å². The number of hydrogen-bond acceptors (Lipinski definition) is 10. The fourth-order valence-corrected chi connectivity index (χ4v) is 6.30. The molecule has 0 aliphatic heterocycles. The minimum atomic E-state index is -0.106. The van der Waals surface area contributed by atoms with Gasteiger partial charge in [0.1, 0.15) is 11.4 Å². The average Bonchev–Trinajstić information content (AvgIpc) is 3.93. The highest BCUT2D eigenvalue weighted by atomic mass is 16.5. The van der Waals surface area contributed by atoms with Crippen LogP contribution in [0.5, 0.6) is 0 Å². The van der Waals surface area contributed by atoms with Crippen LogP contribution < -0.4 is 10.6 Å². The van der Waals surface area contributed by atoms with Crippen molar-refractivity contribution in [1.29, 1.82) is 0 Å². The Kier molecular flexibility index (Phi) is 8.13. The Morgan fingerprint density at radius 1 is 0.688 bits per heavy atom. The van der Waals surface area contributed by atoms with Gasteiger partial charge in [-0.15, -0.1) is 0 Å². The van der Waals surface area contributed by atoms with Gasteiger partial charge in [-0.3, -0.25) is 19.0 Å². The van der Waals surface area contributed by atoms with Gasteiger partial charge in [0.05, 0.1) is 12.1 Å². The summed E-state index contributed by atoms with van der Waals surface area (Å²) in [5.74, 6) is 2.07. The number of fused-ring (bicyclic) bond motifs is 2. The van der Waals surface area contributed by atoms with Crippen molar-refractivity contribution in [2.24, 2.45) is 14.1 Å². The van der Waals surface area contributed by atoms with Crippen molar-refractivity contribution in [2.75, 3.05) is 0 Å². The minimum absolute atomic E-state index is 0.0171. The minimum Gasteiger partial charge on any atom is -0.344 e. The van der Waals surface area contributed by atoms with Crippen LogP contribution in [0.2, 0.25) is 0 Å². The summed E-state index contributed by atoms with van der Waals surface area (Å²) in [7, 11) is 3.52. The number of hydrogen-bond donors (Lipinski definition) is 2. The Bertz CT molecular complexity index is 1970. The van der Waals surface area contributed by atoms with Crippen molar-refractivity contribution >= 4 is 11.8 Å². The molecule has 0 spiro atoms. The van der Waals surface area contributed by atoms with E-state index in [1.54, 1.807) is 61.8 Å². The molecule has 244 valence electrons. The maximum Gasteiger partial charge on any atom is 0.270 e. The molecule has 1 unspecified atom stereocenters. The van der Waals surface area contributed by atoms with E-state index in [9.17, 15) is 9.59 Å². The highest BCUT2D eigenvalue weighted by Gasteiger charge is 2.27. The smallest absolute Gasteiger partial charge is 0.270 e. The van der Waals surface area contributed by atoms with Gasteiger partial charge in [0.2, 0.25) is 23.4 Å². The van der Waals surface area contributed by atoms with Gasteiger partial charge >= 0.3 is 0 Å². The molecule has 2 N–H and O–H groups in total. The van der Waals surface area contributed by atoms with Crippen LogP contribution in [0.4, 0.5) is 0 Å². The standard InChI is InChI=1S/2C17H17N5O2/c2*1-10-19-16(21-24-10)12-3-5-13-11(9-12)4-6-14(13)20-17(23)15-7-8-18-22(15)2/h2*3,5,7-9,14H,4,6H2,1-2H3,(H,20,23)/t14-;/m1./s1. The van der Waals surface area contributed by atoms with E-state index in [4.69, 9.17) is 9.05 Å². The molecule has 2 aromatic carbocycles. The molecule has 0 bridgehead atoms. The summed E-state index contributed by atoms with van der Waals surface area (Å²) in [6, 6.07) is 15.6. The number of nitrogens with zero attached hydrogens (tertiary/aromatic N) is 8. The second-order valence-corrected chi connectivity index (χ2v) is 11.9. The zero-order chi connectivity index (χ0) is 33.4. The third-order valence-corrected chi connectivity index (χ3v) is 8.73. The Hall–Kier alpha value is -5.92. The highest BCUT2D eigenvalue weighted by molar-refractivity contribution is 5.93. The van der Waals surface area contributed by atoms with E-state index >= 15 is 0 Å². The molecule has 6 aromatic rings. The molecular weight excluding hydrogens is 612 g/mol. The summed E-state index contributed by atoms with van der Waals surface area (Å²) in [4.78, 5) is 33.3. The van der Waals surface area contributed by atoms with Gasteiger partial charge in [0.15, 0.2) is 0 Å². The molecule has 2 aliphatic carbocycles. The third kappa shape index (κ3) is 6.11. The van der Waals surface area contributed by atoms with Gasteiger partial charge in [-0.05, 0) is 72.2 Å². The number of aromatic nitrogens is 8. The maximum atomic E-state index is 12.4. The van der Waals surface area contributed by atoms with Crippen molar-refractivity contribution in [3.8, 4) is 22.8 Å². The molecule has 8 rings (SSSR count). The maximum absolute atomic E-state index is 12.4.